The molecular weight excluding hydrogens is 433 g/mol. The lowest BCUT2D eigenvalue weighted by atomic mass is 9.96. The predicted molar refractivity (Wildman–Crippen MR) is 109 cm³/mol. The van der Waals surface area contributed by atoms with Crippen LogP contribution in [0.25, 0.3) is 0 Å². The van der Waals surface area contributed by atoms with Crippen molar-refractivity contribution in [2.24, 2.45) is 4.99 Å². The monoisotopic (exact) mass is 461 g/mol. The largest absolute Gasteiger partial charge is 0.496 e. The van der Waals surface area contributed by atoms with E-state index in [4.69, 9.17) is 14.2 Å². The van der Waals surface area contributed by atoms with Gasteiger partial charge in [-0.15, -0.1) is 24.0 Å². The number of guanidine groups is 1. The van der Waals surface area contributed by atoms with Crippen molar-refractivity contribution in [1.29, 1.82) is 0 Å². The molecule has 1 aromatic carbocycles. The van der Waals surface area contributed by atoms with Crippen molar-refractivity contribution in [2.75, 3.05) is 27.3 Å². The van der Waals surface area contributed by atoms with Crippen LogP contribution in [0.4, 0.5) is 0 Å². The lowest BCUT2D eigenvalue weighted by Gasteiger charge is -2.22. The number of methoxy groups -OCH3 is 1. The fraction of sp³-hybridized carbons (Fsp3) is 0.611. The zero-order valence-electron chi connectivity index (χ0n) is 14.9. The molecule has 0 spiro atoms. The Bertz CT molecular complexity index is 570. The van der Waals surface area contributed by atoms with Crippen LogP contribution in [0.5, 0.6) is 5.75 Å². The molecule has 2 aliphatic rings. The summed E-state index contributed by atoms with van der Waals surface area (Å²) in [4.78, 5) is 4.28. The van der Waals surface area contributed by atoms with Crippen molar-refractivity contribution in [3.8, 4) is 5.75 Å². The molecule has 0 saturated carbocycles. The highest BCUT2D eigenvalue weighted by atomic mass is 127. The SMILES string of the molecule is CN=C(NCCOCc1ccccc1OC)NC1CC2CCC1O2.I. The highest BCUT2D eigenvalue weighted by Crippen LogP contribution is 2.34. The Morgan fingerprint density at radius 1 is 1.32 bits per heavy atom. The van der Waals surface area contributed by atoms with Crippen LogP contribution in [0.1, 0.15) is 24.8 Å². The smallest absolute Gasteiger partial charge is 0.191 e. The molecule has 6 nitrogen and oxygen atoms in total. The number of para-hydroxylation sites is 1. The number of hydrogen-bond donors (Lipinski definition) is 2. The van der Waals surface area contributed by atoms with Gasteiger partial charge in [0, 0.05) is 19.2 Å². The van der Waals surface area contributed by atoms with Gasteiger partial charge < -0.3 is 24.8 Å². The Balaban J connectivity index is 0.00000225. The fourth-order valence-corrected chi connectivity index (χ4v) is 3.41. The summed E-state index contributed by atoms with van der Waals surface area (Å²) >= 11 is 0. The number of halogens is 1. The van der Waals surface area contributed by atoms with Gasteiger partial charge in [0.25, 0.3) is 0 Å². The number of aliphatic imine (C=N–C) groups is 1. The first kappa shape index (κ1) is 20.3. The summed E-state index contributed by atoms with van der Waals surface area (Å²) in [5, 5.41) is 6.76. The number of fused-ring (bicyclic) bond motifs is 2. The molecule has 2 bridgehead atoms. The van der Waals surface area contributed by atoms with E-state index in [1.807, 2.05) is 24.3 Å². The maximum Gasteiger partial charge on any atom is 0.191 e. The molecule has 0 aliphatic carbocycles. The standard InChI is InChI=1S/C18H27N3O3.HI/c1-19-18(21-15-11-14-7-8-17(15)24-14)20-9-10-23-12-13-5-3-4-6-16(13)22-2;/h3-6,14-15,17H,7-12H2,1-2H3,(H2,19,20,21);1H. The minimum absolute atomic E-state index is 0. The molecule has 3 atom stereocenters. The second kappa shape index (κ2) is 10.2. The second-order valence-corrected chi connectivity index (χ2v) is 6.22. The minimum Gasteiger partial charge on any atom is -0.496 e. The van der Waals surface area contributed by atoms with Crippen LogP contribution in [0.15, 0.2) is 29.3 Å². The van der Waals surface area contributed by atoms with Gasteiger partial charge in [-0.25, -0.2) is 0 Å². The number of benzene rings is 1. The van der Waals surface area contributed by atoms with Crippen LogP contribution in [0.2, 0.25) is 0 Å². The Kier molecular flexibility index (Phi) is 8.25. The van der Waals surface area contributed by atoms with Crippen LogP contribution in [-0.2, 0) is 16.1 Å². The zero-order chi connectivity index (χ0) is 16.8. The van der Waals surface area contributed by atoms with Crippen LogP contribution in [0, 0.1) is 0 Å². The number of rotatable bonds is 7. The van der Waals surface area contributed by atoms with Gasteiger partial charge in [0.1, 0.15) is 5.75 Å². The predicted octanol–water partition coefficient (Wildman–Crippen LogP) is 2.31. The van der Waals surface area contributed by atoms with E-state index >= 15 is 0 Å². The lowest BCUT2D eigenvalue weighted by Crippen LogP contribution is -2.48. The summed E-state index contributed by atoms with van der Waals surface area (Å²) < 4.78 is 16.9. The van der Waals surface area contributed by atoms with Gasteiger partial charge in [0.15, 0.2) is 5.96 Å². The molecule has 3 unspecified atom stereocenters. The summed E-state index contributed by atoms with van der Waals surface area (Å²) in [6, 6.07) is 8.29. The Morgan fingerprint density at radius 2 is 2.16 bits per heavy atom. The molecule has 0 radical (unpaired) electrons. The molecule has 25 heavy (non-hydrogen) atoms. The molecule has 2 aliphatic heterocycles. The van der Waals surface area contributed by atoms with Crippen molar-refractivity contribution in [1.82, 2.24) is 10.6 Å². The average Bonchev–Trinajstić information content (AvgIpc) is 3.23. The summed E-state index contributed by atoms with van der Waals surface area (Å²) in [6.45, 7) is 1.85. The van der Waals surface area contributed by atoms with E-state index < -0.39 is 0 Å². The van der Waals surface area contributed by atoms with Gasteiger partial charge >= 0.3 is 0 Å². The molecule has 2 saturated heterocycles. The number of ether oxygens (including phenoxy) is 3. The third kappa shape index (κ3) is 5.46. The van der Waals surface area contributed by atoms with Gasteiger partial charge in [-0.05, 0) is 25.3 Å². The minimum atomic E-state index is 0. The van der Waals surface area contributed by atoms with Crippen LogP contribution >= 0.6 is 24.0 Å². The van der Waals surface area contributed by atoms with Crippen molar-refractivity contribution in [2.45, 2.75) is 44.1 Å². The van der Waals surface area contributed by atoms with Gasteiger partial charge in [-0.3, -0.25) is 4.99 Å². The maximum absolute atomic E-state index is 5.86. The number of nitrogens with zero attached hydrogens (tertiary/aromatic N) is 1. The van der Waals surface area contributed by atoms with E-state index in [-0.39, 0.29) is 24.0 Å². The Morgan fingerprint density at radius 3 is 2.84 bits per heavy atom. The number of nitrogens with one attached hydrogen (secondary N) is 2. The summed E-state index contributed by atoms with van der Waals surface area (Å²) in [5.41, 5.74) is 1.06. The van der Waals surface area contributed by atoms with Crippen molar-refractivity contribution in [3.63, 3.8) is 0 Å². The first-order valence-electron chi connectivity index (χ1n) is 8.62. The van der Waals surface area contributed by atoms with Gasteiger partial charge in [-0.2, -0.15) is 0 Å². The van der Waals surface area contributed by atoms with Crippen LogP contribution < -0.4 is 15.4 Å². The quantitative estimate of drug-likeness (QED) is 0.283. The lowest BCUT2D eigenvalue weighted by molar-refractivity contribution is 0.0991. The van der Waals surface area contributed by atoms with Crippen LogP contribution in [-0.4, -0.2) is 51.5 Å². The molecule has 2 N–H and O–H groups in total. The molecule has 3 rings (SSSR count). The van der Waals surface area contributed by atoms with E-state index in [0.717, 1.165) is 30.1 Å². The first-order chi connectivity index (χ1) is 11.8. The summed E-state index contributed by atoms with van der Waals surface area (Å²) in [7, 11) is 3.47. The highest BCUT2D eigenvalue weighted by molar-refractivity contribution is 14.0. The highest BCUT2D eigenvalue weighted by Gasteiger charge is 2.41. The van der Waals surface area contributed by atoms with Gasteiger partial charge in [0.2, 0.25) is 0 Å². The van der Waals surface area contributed by atoms with E-state index in [9.17, 15) is 0 Å². The first-order valence-corrected chi connectivity index (χ1v) is 8.62. The van der Waals surface area contributed by atoms with E-state index in [0.29, 0.717) is 38.0 Å². The molecule has 7 heteroatoms. The fourth-order valence-electron chi connectivity index (χ4n) is 3.41. The molecule has 2 heterocycles. The third-order valence-electron chi connectivity index (χ3n) is 4.64. The van der Waals surface area contributed by atoms with E-state index in [1.54, 1.807) is 14.2 Å². The number of hydrogen-bond acceptors (Lipinski definition) is 4. The van der Waals surface area contributed by atoms with E-state index in [2.05, 4.69) is 15.6 Å². The van der Waals surface area contributed by atoms with Crippen molar-refractivity contribution in [3.05, 3.63) is 29.8 Å². The maximum atomic E-state index is 5.86. The molecular formula is C18H28IN3O3. The Labute approximate surface area is 166 Å². The Hall–Kier alpha value is -1.06. The van der Waals surface area contributed by atoms with Crippen molar-refractivity contribution >= 4 is 29.9 Å². The average molecular weight is 461 g/mol. The topological polar surface area (TPSA) is 64.1 Å². The second-order valence-electron chi connectivity index (χ2n) is 6.22. The normalized spacial score (nSPS) is 24.7. The molecule has 1 aromatic rings. The molecule has 0 amide bonds. The molecule has 2 fully saturated rings. The molecule has 0 aromatic heterocycles. The zero-order valence-corrected chi connectivity index (χ0v) is 17.2. The van der Waals surface area contributed by atoms with Crippen molar-refractivity contribution < 1.29 is 14.2 Å². The molecule has 140 valence electrons. The van der Waals surface area contributed by atoms with Gasteiger partial charge in [-0.1, -0.05) is 18.2 Å². The van der Waals surface area contributed by atoms with Gasteiger partial charge in [0.05, 0.1) is 38.6 Å². The van der Waals surface area contributed by atoms with Crippen LogP contribution in [0.3, 0.4) is 0 Å². The summed E-state index contributed by atoms with van der Waals surface area (Å²) in [6.07, 6.45) is 4.22. The van der Waals surface area contributed by atoms with E-state index in [1.165, 1.54) is 6.42 Å². The summed E-state index contributed by atoms with van der Waals surface area (Å²) in [5.74, 6) is 1.68. The third-order valence-corrected chi connectivity index (χ3v) is 4.64.